The minimum Gasteiger partial charge on any atom is -0.490 e. The summed E-state index contributed by atoms with van der Waals surface area (Å²) >= 11 is 0. The molecule has 0 aliphatic carbocycles. The number of piperidine rings is 1. The number of aromatic amines is 1. The number of H-pyrrole nitrogens is 1. The molecule has 1 N–H and O–H groups in total. The van der Waals surface area contributed by atoms with Gasteiger partial charge in [-0.3, -0.25) is 5.10 Å². The van der Waals surface area contributed by atoms with Crippen molar-refractivity contribution in [3.05, 3.63) is 41.2 Å². The summed E-state index contributed by atoms with van der Waals surface area (Å²) in [7, 11) is -3.57. The number of aryl methyl sites for hydroxylation is 2. The third kappa shape index (κ3) is 3.11. The molecule has 2 saturated heterocycles. The van der Waals surface area contributed by atoms with E-state index in [0.29, 0.717) is 34.7 Å². The first-order valence-corrected chi connectivity index (χ1v) is 10.6. The Morgan fingerprint density at radius 2 is 1.81 bits per heavy atom. The summed E-state index contributed by atoms with van der Waals surface area (Å²) in [6, 6.07) is 9.04. The Morgan fingerprint density at radius 3 is 2.33 bits per heavy atom. The number of sulfonamides is 1. The van der Waals surface area contributed by atoms with Crippen LogP contribution in [0.15, 0.2) is 29.2 Å². The summed E-state index contributed by atoms with van der Waals surface area (Å²) in [5.41, 5.74) is 1.69. The molecular formula is C19H22N4O3S. The molecule has 1 aromatic heterocycles. The smallest absolute Gasteiger partial charge is 0.247 e. The highest BCUT2D eigenvalue weighted by Gasteiger charge is 2.48. The zero-order chi connectivity index (χ0) is 19.2. The third-order valence-electron chi connectivity index (χ3n) is 5.51. The molecule has 0 saturated carbocycles. The van der Waals surface area contributed by atoms with Crippen LogP contribution in [-0.4, -0.2) is 41.1 Å². The summed E-state index contributed by atoms with van der Waals surface area (Å²) in [6.45, 7) is 3.47. The minimum atomic E-state index is -3.57. The highest BCUT2D eigenvalue weighted by Crippen LogP contribution is 2.41. The standard InChI is InChI=1S/C19H22N4O3S/c1-12-19(13(2)22-21-12)27(24,25)23-15-5-6-16(23)10-18(9-15)26-17-7-3-14(11-20)4-8-17/h3-4,7-8,15-16,18H,5-6,9-10H2,1-2H3,(H,21,22)/t15-,16+,18-. The van der Waals surface area contributed by atoms with E-state index in [9.17, 15) is 8.42 Å². The lowest BCUT2D eigenvalue weighted by Gasteiger charge is -2.37. The number of rotatable bonds is 4. The van der Waals surface area contributed by atoms with Crippen molar-refractivity contribution < 1.29 is 13.2 Å². The highest BCUT2D eigenvalue weighted by atomic mass is 32.2. The zero-order valence-corrected chi connectivity index (χ0v) is 16.2. The molecule has 8 heteroatoms. The monoisotopic (exact) mass is 386 g/mol. The number of nitriles is 1. The maximum atomic E-state index is 13.3. The number of hydrogen-bond donors (Lipinski definition) is 1. The van der Waals surface area contributed by atoms with Gasteiger partial charge in [0.25, 0.3) is 0 Å². The van der Waals surface area contributed by atoms with Crippen molar-refractivity contribution in [2.45, 2.75) is 62.6 Å². The molecule has 3 atom stereocenters. The second-order valence-electron chi connectivity index (χ2n) is 7.33. The van der Waals surface area contributed by atoms with Crippen molar-refractivity contribution in [3.63, 3.8) is 0 Å². The quantitative estimate of drug-likeness (QED) is 0.871. The van der Waals surface area contributed by atoms with E-state index in [1.54, 1.807) is 42.4 Å². The van der Waals surface area contributed by atoms with Crippen LogP contribution in [0.1, 0.15) is 42.6 Å². The largest absolute Gasteiger partial charge is 0.490 e. The molecule has 3 heterocycles. The topological polar surface area (TPSA) is 99.1 Å². The summed E-state index contributed by atoms with van der Waals surface area (Å²) in [6.07, 6.45) is 3.03. The van der Waals surface area contributed by atoms with E-state index in [2.05, 4.69) is 16.3 Å². The fraction of sp³-hybridized carbons (Fsp3) is 0.474. The van der Waals surface area contributed by atoms with Gasteiger partial charge in [0, 0.05) is 24.9 Å². The number of nitrogens with zero attached hydrogens (tertiary/aromatic N) is 3. The summed E-state index contributed by atoms with van der Waals surface area (Å²) in [5, 5.41) is 15.7. The van der Waals surface area contributed by atoms with Crippen molar-refractivity contribution in [3.8, 4) is 11.8 Å². The van der Waals surface area contributed by atoms with Crippen LogP contribution in [0.3, 0.4) is 0 Å². The van der Waals surface area contributed by atoms with Gasteiger partial charge in [-0.2, -0.15) is 14.7 Å². The number of fused-ring (bicyclic) bond motifs is 2. The van der Waals surface area contributed by atoms with Gasteiger partial charge in [-0.1, -0.05) is 0 Å². The number of aromatic nitrogens is 2. The van der Waals surface area contributed by atoms with Crippen molar-refractivity contribution in [2.75, 3.05) is 0 Å². The summed E-state index contributed by atoms with van der Waals surface area (Å²) in [4.78, 5) is 0.311. The van der Waals surface area contributed by atoms with E-state index in [1.165, 1.54) is 0 Å². The van der Waals surface area contributed by atoms with Gasteiger partial charge >= 0.3 is 0 Å². The Labute approximate surface area is 159 Å². The van der Waals surface area contributed by atoms with Crippen LogP contribution in [0, 0.1) is 25.2 Å². The zero-order valence-electron chi connectivity index (χ0n) is 15.3. The van der Waals surface area contributed by atoms with Gasteiger partial charge in [0.2, 0.25) is 10.0 Å². The van der Waals surface area contributed by atoms with Crippen LogP contribution in [0.2, 0.25) is 0 Å². The van der Waals surface area contributed by atoms with Crippen molar-refractivity contribution >= 4 is 10.0 Å². The molecule has 0 spiro atoms. The van der Waals surface area contributed by atoms with Gasteiger partial charge in [0.15, 0.2) is 0 Å². The van der Waals surface area contributed by atoms with Crippen LogP contribution in [0.5, 0.6) is 5.75 Å². The van der Waals surface area contributed by atoms with Gasteiger partial charge in [-0.25, -0.2) is 8.42 Å². The van der Waals surface area contributed by atoms with E-state index in [1.807, 2.05) is 0 Å². The van der Waals surface area contributed by atoms with Gasteiger partial charge < -0.3 is 4.74 Å². The molecule has 7 nitrogen and oxygen atoms in total. The molecule has 4 rings (SSSR count). The van der Waals surface area contributed by atoms with Gasteiger partial charge in [0.1, 0.15) is 16.7 Å². The van der Waals surface area contributed by atoms with E-state index in [-0.39, 0.29) is 18.2 Å². The van der Waals surface area contributed by atoms with E-state index >= 15 is 0 Å². The average molecular weight is 386 g/mol. The molecular weight excluding hydrogens is 364 g/mol. The minimum absolute atomic E-state index is 0.0200. The Hall–Kier alpha value is -2.37. The first kappa shape index (κ1) is 18.0. The molecule has 0 amide bonds. The summed E-state index contributed by atoms with van der Waals surface area (Å²) in [5.74, 6) is 0.719. The lowest BCUT2D eigenvalue weighted by molar-refractivity contribution is 0.0956. The van der Waals surface area contributed by atoms with Crippen LogP contribution in [0.25, 0.3) is 0 Å². The number of hydrogen-bond acceptors (Lipinski definition) is 5. The molecule has 2 bridgehead atoms. The Balaban J connectivity index is 1.53. The second-order valence-corrected chi connectivity index (χ2v) is 9.11. The van der Waals surface area contributed by atoms with E-state index in [4.69, 9.17) is 10.00 Å². The van der Waals surface area contributed by atoms with Gasteiger partial charge in [-0.15, -0.1) is 0 Å². The molecule has 2 aliphatic heterocycles. The predicted octanol–water partition coefficient (Wildman–Crippen LogP) is 2.66. The Bertz CT molecular complexity index is 957. The average Bonchev–Trinajstić information content (AvgIpc) is 3.13. The summed E-state index contributed by atoms with van der Waals surface area (Å²) < 4.78 is 34.3. The molecule has 0 unspecified atom stereocenters. The molecule has 2 fully saturated rings. The molecule has 27 heavy (non-hydrogen) atoms. The van der Waals surface area contributed by atoms with Crippen molar-refractivity contribution in [2.24, 2.45) is 0 Å². The van der Waals surface area contributed by atoms with Crippen LogP contribution in [-0.2, 0) is 10.0 Å². The number of nitrogens with one attached hydrogen (secondary N) is 1. The molecule has 0 radical (unpaired) electrons. The van der Waals surface area contributed by atoms with E-state index in [0.717, 1.165) is 18.6 Å². The molecule has 2 aromatic rings. The van der Waals surface area contributed by atoms with Crippen molar-refractivity contribution in [1.29, 1.82) is 5.26 Å². The van der Waals surface area contributed by atoms with Crippen LogP contribution in [0.4, 0.5) is 0 Å². The van der Waals surface area contributed by atoms with E-state index < -0.39 is 10.0 Å². The normalized spacial score (nSPS) is 25.3. The SMILES string of the molecule is Cc1n[nH]c(C)c1S(=O)(=O)N1[C@@H]2CC[C@H]1C[C@H](Oc1ccc(C#N)cc1)C2. The number of ether oxygens (including phenoxy) is 1. The molecule has 1 aromatic carbocycles. The van der Waals surface area contributed by atoms with Gasteiger partial charge in [-0.05, 0) is 51.0 Å². The number of benzene rings is 1. The third-order valence-corrected chi connectivity index (χ3v) is 7.77. The van der Waals surface area contributed by atoms with Crippen LogP contribution >= 0.6 is 0 Å². The van der Waals surface area contributed by atoms with Crippen molar-refractivity contribution in [1.82, 2.24) is 14.5 Å². The Kier molecular flexibility index (Phi) is 4.44. The second kappa shape index (κ2) is 6.66. The first-order valence-electron chi connectivity index (χ1n) is 9.12. The lowest BCUT2D eigenvalue weighted by Crippen LogP contribution is -2.49. The maximum absolute atomic E-state index is 13.3. The fourth-order valence-electron chi connectivity index (χ4n) is 4.40. The predicted molar refractivity (Wildman–Crippen MR) is 98.7 cm³/mol. The lowest BCUT2D eigenvalue weighted by atomic mass is 10.0. The first-order chi connectivity index (χ1) is 12.9. The fourth-order valence-corrected chi connectivity index (χ4v) is 6.63. The maximum Gasteiger partial charge on any atom is 0.247 e. The molecule has 142 valence electrons. The Morgan fingerprint density at radius 1 is 1.19 bits per heavy atom. The molecule has 2 aliphatic rings. The highest BCUT2D eigenvalue weighted by molar-refractivity contribution is 7.89. The van der Waals surface area contributed by atoms with Crippen LogP contribution < -0.4 is 4.74 Å². The van der Waals surface area contributed by atoms with Gasteiger partial charge in [0.05, 0.1) is 23.0 Å².